The Morgan fingerprint density at radius 2 is 2.05 bits per heavy atom. The Kier molecular flexibility index (Phi) is 5.98. The van der Waals surface area contributed by atoms with Crippen molar-refractivity contribution in [3.05, 3.63) is 28.2 Å². The minimum Gasteiger partial charge on any atom is -0.383 e. The first kappa shape index (κ1) is 16.6. The van der Waals surface area contributed by atoms with Gasteiger partial charge in [-0.15, -0.1) is 0 Å². The average molecular weight is 350 g/mol. The predicted molar refractivity (Wildman–Crippen MR) is 79.8 cm³/mol. The van der Waals surface area contributed by atoms with E-state index >= 15 is 0 Å². The molecule has 1 aromatic carbocycles. The van der Waals surface area contributed by atoms with E-state index in [0.717, 1.165) is 5.56 Å². The van der Waals surface area contributed by atoms with E-state index in [1.54, 1.807) is 19.2 Å². The van der Waals surface area contributed by atoms with Crippen LogP contribution in [0, 0.1) is 6.92 Å². The van der Waals surface area contributed by atoms with E-state index < -0.39 is 10.0 Å². The number of rotatable bonds is 6. The summed E-state index contributed by atoms with van der Waals surface area (Å²) in [5, 5.41) is 0. The molecule has 108 valence electrons. The Bertz CT molecular complexity index is 531. The van der Waals surface area contributed by atoms with Gasteiger partial charge in [0.1, 0.15) is 0 Å². The van der Waals surface area contributed by atoms with Crippen molar-refractivity contribution in [1.82, 2.24) is 4.31 Å². The first-order chi connectivity index (χ1) is 8.84. The Labute approximate surface area is 123 Å². The van der Waals surface area contributed by atoms with Crippen LogP contribution in [0.2, 0.25) is 0 Å². The summed E-state index contributed by atoms with van der Waals surface area (Å²) in [6.07, 6.45) is 0. The number of aryl methyl sites for hydroxylation is 1. The van der Waals surface area contributed by atoms with Crippen molar-refractivity contribution in [2.45, 2.75) is 31.7 Å². The van der Waals surface area contributed by atoms with Gasteiger partial charge in [-0.25, -0.2) is 8.42 Å². The van der Waals surface area contributed by atoms with Crippen LogP contribution in [-0.4, -0.2) is 39.0 Å². The van der Waals surface area contributed by atoms with Gasteiger partial charge in [-0.1, -0.05) is 13.0 Å². The van der Waals surface area contributed by atoms with Gasteiger partial charge in [0, 0.05) is 24.2 Å². The van der Waals surface area contributed by atoms with Gasteiger partial charge in [0.25, 0.3) is 0 Å². The quantitative estimate of drug-likeness (QED) is 0.793. The zero-order valence-electron chi connectivity index (χ0n) is 11.7. The number of methoxy groups -OCH3 is 1. The van der Waals surface area contributed by atoms with Crippen molar-refractivity contribution in [2.75, 3.05) is 20.3 Å². The minimum absolute atomic E-state index is 0.201. The predicted octanol–water partition coefficient (Wildman–Crippen LogP) is 2.80. The van der Waals surface area contributed by atoms with Crippen molar-refractivity contribution in [3.63, 3.8) is 0 Å². The van der Waals surface area contributed by atoms with Crippen molar-refractivity contribution in [1.29, 1.82) is 0 Å². The lowest BCUT2D eigenvalue weighted by molar-refractivity contribution is 0.142. The number of hydrogen-bond acceptors (Lipinski definition) is 3. The fraction of sp³-hybridized carbons (Fsp3) is 0.538. The van der Waals surface area contributed by atoms with Crippen molar-refractivity contribution in [2.24, 2.45) is 0 Å². The molecule has 6 heteroatoms. The van der Waals surface area contributed by atoms with E-state index in [0.29, 0.717) is 22.5 Å². The molecule has 0 saturated carbocycles. The zero-order chi connectivity index (χ0) is 14.6. The van der Waals surface area contributed by atoms with E-state index in [2.05, 4.69) is 15.9 Å². The van der Waals surface area contributed by atoms with Gasteiger partial charge < -0.3 is 4.74 Å². The molecule has 0 fully saturated rings. The molecule has 1 rings (SSSR count). The number of nitrogens with zero attached hydrogens (tertiary/aromatic N) is 1. The van der Waals surface area contributed by atoms with Crippen LogP contribution in [0.15, 0.2) is 27.6 Å². The van der Waals surface area contributed by atoms with Gasteiger partial charge in [-0.3, -0.25) is 0 Å². The second-order valence-corrected chi connectivity index (χ2v) is 7.16. The third kappa shape index (κ3) is 3.78. The van der Waals surface area contributed by atoms with Gasteiger partial charge in [-0.05, 0) is 47.5 Å². The molecule has 0 heterocycles. The summed E-state index contributed by atoms with van der Waals surface area (Å²) in [5.41, 5.74) is 1.01. The van der Waals surface area contributed by atoms with Gasteiger partial charge in [-0.2, -0.15) is 4.31 Å². The summed E-state index contributed by atoms with van der Waals surface area (Å²) < 4.78 is 32.4. The number of sulfonamides is 1. The molecule has 0 aliphatic heterocycles. The summed E-state index contributed by atoms with van der Waals surface area (Å²) in [6.45, 7) is 6.37. The van der Waals surface area contributed by atoms with E-state index in [4.69, 9.17) is 4.74 Å². The van der Waals surface area contributed by atoms with Crippen molar-refractivity contribution < 1.29 is 13.2 Å². The highest BCUT2D eigenvalue weighted by Gasteiger charge is 2.29. The number of hydrogen-bond donors (Lipinski definition) is 0. The van der Waals surface area contributed by atoms with Crippen molar-refractivity contribution in [3.8, 4) is 0 Å². The minimum atomic E-state index is -3.51. The molecule has 0 N–H and O–H groups in total. The Morgan fingerprint density at radius 1 is 1.42 bits per heavy atom. The first-order valence-electron chi connectivity index (χ1n) is 6.11. The van der Waals surface area contributed by atoms with E-state index in [-0.39, 0.29) is 6.04 Å². The second kappa shape index (κ2) is 6.83. The molecule has 0 aliphatic rings. The maximum Gasteiger partial charge on any atom is 0.244 e. The fourth-order valence-corrected chi connectivity index (χ4v) is 4.76. The highest BCUT2D eigenvalue weighted by molar-refractivity contribution is 9.10. The maximum absolute atomic E-state index is 12.7. The van der Waals surface area contributed by atoms with Crippen molar-refractivity contribution >= 4 is 26.0 Å². The van der Waals surface area contributed by atoms with Gasteiger partial charge in [0.2, 0.25) is 10.0 Å². The van der Waals surface area contributed by atoms with Crippen LogP contribution in [0.1, 0.15) is 19.4 Å². The van der Waals surface area contributed by atoms with Crippen LogP contribution >= 0.6 is 15.9 Å². The van der Waals surface area contributed by atoms with E-state index in [1.807, 2.05) is 26.8 Å². The molecule has 1 aromatic rings. The summed E-state index contributed by atoms with van der Waals surface area (Å²) in [7, 11) is -1.95. The largest absolute Gasteiger partial charge is 0.383 e. The summed E-state index contributed by atoms with van der Waals surface area (Å²) >= 11 is 3.33. The molecule has 0 spiro atoms. The molecule has 0 amide bonds. The topological polar surface area (TPSA) is 46.6 Å². The smallest absolute Gasteiger partial charge is 0.244 e. The van der Waals surface area contributed by atoms with Gasteiger partial charge in [0.15, 0.2) is 0 Å². The van der Waals surface area contributed by atoms with E-state index in [1.165, 1.54) is 4.31 Å². The molecule has 0 aromatic heterocycles. The highest BCUT2D eigenvalue weighted by atomic mass is 79.9. The lowest BCUT2D eigenvalue weighted by atomic mass is 10.2. The molecule has 1 atom stereocenters. The van der Waals surface area contributed by atoms with E-state index in [9.17, 15) is 8.42 Å². The molecule has 19 heavy (non-hydrogen) atoms. The summed E-state index contributed by atoms with van der Waals surface area (Å²) in [6, 6.07) is 5.04. The first-order valence-corrected chi connectivity index (χ1v) is 8.34. The number of ether oxygens (including phenoxy) is 1. The molecule has 0 bridgehead atoms. The highest BCUT2D eigenvalue weighted by Crippen LogP contribution is 2.27. The van der Waals surface area contributed by atoms with Crippen LogP contribution in [0.4, 0.5) is 0 Å². The van der Waals surface area contributed by atoms with Crippen LogP contribution in [-0.2, 0) is 14.8 Å². The lowest BCUT2D eigenvalue weighted by Gasteiger charge is -2.27. The molecular weight excluding hydrogens is 330 g/mol. The summed E-state index contributed by atoms with van der Waals surface area (Å²) in [5.74, 6) is 0. The van der Waals surface area contributed by atoms with Crippen LogP contribution < -0.4 is 0 Å². The number of halogens is 1. The van der Waals surface area contributed by atoms with Gasteiger partial charge in [0.05, 0.1) is 11.5 Å². The Hall–Kier alpha value is -0.430. The SMILES string of the molecule is CCN(C(C)COC)S(=O)(=O)c1ccc(C)cc1Br. The molecule has 0 radical (unpaired) electrons. The normalized spacial score (nSPS) is 13.8. The number of benzene rings is 1. The Balaban J connectivity index is 3.20. The fourth-order valence-electron chi connectivity index (χ4n) is 1.98. The zero-order valence-corrected chi connectivity index (χ0v) is 14.1. The maximum atomic E-state index is 12.7. The average Bonchev–Trinajstić information content (AvgIpc) is 2.28. The molecule has 1 unspecified atom stereocenters. The molecule has 0 aliphatic carbocycles. The third-order valence-electron chi connectivity index (χ3n) is 2.89. The lowest BCUT2D eigenvalue weighted by Crippen LogP contribution is -2.40. The summed E-state index contributed by atoms with van der Waals surface area (Å²) in [4.78, 5) is 0.294. The molecule has 0 saturated heterocycles. The van der Waals surface area contributed by atoms with Crippen LogP contribution in [0.5, 0.6) is 0 Å². The molecule has 4 nitrogen and oxygen atoms in total. The van der Waals surface area contributed by atoms with Crippen LogP contribution in [0.3, 0.4) is 0 Å². The number of likely N-dealkylation sites (N-methyl/N-ethyl adjacent to an activating group) is 1. The van der Waals surface area contributed by atoms with Gasteiger partial charge >= 0.3 is 0 Å². The molecular formula is C13H20BrNO3S. The standard InChI is InChI=1S/C13H20BrNO3S/c1-5-15(11(3)9-18-4)19(16,17)13-7-6-10(2)8-12(13)14/h6-8,11H,5,9H2,1-4H3. The third-order valence-corrected chi connectivity index (χ3v) is 5.95. The monoisotopic (exact) mass is 349 g/mol. The van der Waals surface area contributed by atoms with Crippen LogP contribution in [0.25, 0.3) is 0 Å². The Morgan fingerprint density at radius 3 is 2.53 bits per heavy atom. The second-order valence-electron chi connectivity index (χ2n) is 4.45.